The number of amides is 3. The summed E-state index contributed by atoms with van der Waals surface area (Å²) in [7, 11) is 1.63. The topological polar surface area (TPSA) is 113 Å². The van der Waals surface area contributed by atoms with Crippen molar-refractivity contribution in [3.05, 3.63) is 48.8 Å². The molecule has 224 valence electrons. The number of ether oxygens (including phenoxy) is 3. The fourth-order valence-electron chi connectivity index (χ4n) is 6.17. The number of anilines is 4. The van der Waals surface area contributed by atoms with Crippen molar-refractivity contribution in [1.82, 2.24) is 19.8 Å². The summed E-state index contributed by atoms with van der Waals surface area (Å²) in [6.45, 7) is 6.56. The molecule has 3 aromatic rings. The summed E-state index contributed by atoms with van der Waals surface area (Å²) in [5.41, 5.74) is 4.02. The quantitative estimate of drug-likeness (QED) is 0.425. The molecule has 0 saturated carbocycles. The van der Waals surface area contributed by atoms with Gasteiger partial charge in [0.1, 0.15) is 23.9 Å². The minimum Gasteiger partial charge on any atom is -0.496 e. The fraction of sp³-hybridized carbons (Fsp3) is 0.419. The second-order valence-corrected chi connectivity index (χ2v) is 11.2. The number of nitrogens with zero attached hydrogens (tertiary/aromatic N) is 6. The van der Waals surface area contributed by atoms with Crippen LogP contribution in [0.25, 0.3) is 11.1 Å². The minimum atomic E-state index is -0.0609. The monoisotopic (exact) mass is 585 g/mol. The Morgan fingerprint density at radius 1 is 1.02 bits per heavy atom. The van der Waals surface area contributed by atoms with Gasteiger partial charge in [-0.2, -0.15) is 0 Å². The average Bonchev–Trinajstić information content (AvgIpc) is 3.62. The van der Waals surface area contributed by atoms with Gasteiger partial charge in [-0.3, -0.25) is 14.6 Å². The third-order valence-corrected chi connectivity index (χ3v) is 8.49. The summed E-state index contributed by atoms with van der Waals surface area (Å²) in [5.74, 6) is 1.85. The van der Waals surface area contributed by atoms with Gasteiger partial charge in [-0.1, -0.05) is 12.1 Å². The normalized spacial score (nSPS) is 20.2. The maximum atomic E-state index is 13.5. The molecule has 2 aromatic heterocycles. The van der Waals surface area contributed by atoms with Crippen LogP contribution in [0.3, 0.4) is 0 Å². The largest absolute Gasteiger partial charge is 0.496 e. The van der Waals surface area contributed by atoms with Crippen molar-refractivity contribution in [2.75, 3.05) is 81.3 Å². The molecule has 1 atom stereocenters. The van der Waals surface area contributed by atoms with E-state index >= 15 is 0 Å². The van der Waals surface area contributed by atoms with Crippen molar-refractivity contribution in [3.63, 3.8) is 0 Å². The Bertz CT molecular complexity index is 1510. The van der Waals surface area contributed by atoms with Crippen LogP contribution < -0.4 is 24.6 Å². The van der Waals surface area contributed by atoms with E-state index in [1.54, 1.807) is 19.5 Å². The number of methoxy groups -OCH3 is 1. The molecular weight excluding hydrogens is 550 g/mol. The molecule has 0 radical (unpaired) electrons. The molecule has 6 heterocycles. The number of carbonyl (C=O) groups excluding carboxylic acids is 2. The summed E-state index contributed by atoms with van der Waals surface area (Å²) in [6.07, 6.45) is 4.93. The molecule has 1 N–H and O–H groups in total. The zero-order valence-electron chi connectivity index (χ0n) is 24.2. The molecule has 4 aliphatic heterocycles. The first-order valence-electron chi connectivity index (χ1n) is 14.8. The van der Waals surface area contributed by atoms with E-state index in [0.717, 1.165) is 62.6 Å². The van der Waals surface area contributed by atoms with Crippen LogP contribution >= 0.6 is 0 Å². The van der Waals surface area contributed by atoms with E-state index in [9.17, 15) is 9.59 Å². The van der Waals surface area contributed by atoms with Crippen LogP contribution in [0.5, 0.6) is 11.6 Å². The van der Waals surface area contributed by atoms with E-state index in [2.05, 4.69) is 20.2 Å². The predicted octanol–water partition coefficient (Wildman–Crippen LogP) is 3.36. The Labute approximate surface area is 250 Å². The number of hydrogen-bond donors (Lipinski definition) is 1. The van der Waals surface area contributed by atoms with Crippen LogP contribution in [0.1, 0.15) is 12.8 Å². The third kappa shape index (κ3) is 5.43. The highest BCUT2D eigenvalue weighted by atomic mass is 16.5. The lowest BCUT2D eigenvalue weighted by Crippen LogP contribution is -2.43. The number of nitrogens with one attached hydrogen (secondary N) is 1. The van der Waals surface area contributed by atoms with Gasteiger partial charge in [-0.25, -0.2) is 14.8 Å². The molecule has 7 rings (SSSR count). The van der Waals surface area contributed by atoms with Crippen molar-refractivity contribution in [2.45, 2.75) is 18.9 Å². The first kappa shape index (κ1) is 27.4. The molecule has 0 spiro atoms. The van der Waals surface area contributed by atoms with Crippen LogP contribution in [0, 0.1) is 0 Å². The highest BCUT2D eigenvalue weighted by molar-refractivity contribution is 5.97. The Hall–Kier alpha value is -4.42. The summed E-state index contributed by atoms with van der Waals surface area (Å²) < 4.78 is 17.1. The van der Waals surface area contributed by atoms with Crippen LogP contribution in [0.15, 0.2) is 48.8 Å². The average molecular weight is 586 g/mol. The van der Waals surface area contributed by atoms with Gasteiger partial charge in [-0.15, -0.1) is 0 Å². The van der Waals surface area contributed by atoms with Gasteiger partial charge in [0.05, 0.1) is 38.2 Å². The standard InChI is InChI=1S/C31H35N7O5/c1-41-27-16-28(32-18-25(27)21-4-6-23(7-5-21)37-8-2-3-29(37)39)34-22-15-26-30(33-17-22)43-20-24-19-36(31(40)38(24)26)10-9-35-11-13-42-14-12-35/h4-7,15-18,24H,2-3,8-14,19-20H2,1H3,(H,32,34). The number of fused-ring (bicyclic) bond motifs is 3. The van der Waals surface area contributed by atoms with Crippen LogP contribution in [-0.2, 0) is 9.53 Å². The Kier molecular flexibility index (Phi) is 7.45. The minimum absolute atomic E-state index is 0.0222. The fourth-order valence-corrected chi connectivity index (χ4v) is 6.17. The van der Waals surface area contributed by atoms with Gasteiger partial charge >= 0.3 is 6.03 Å². The summed E-state index contributed by atoms with van der Waals surface area (Å²) in [4.78, 5) is 42.6. The lowest BCUT2D eigenvalue weighted by Gasteiger charge is -2.30. The molecule has 12 heteroatoms. The Morgan fingerprint density at radius 2 is 1.86 bits per heavy atom. The molecule has 3 amide bonds. The SMILES string of the molecule is COc1cc(Nc2cnc3c(c2)N2C(=O)N(CCN4CCOCC4)CC2CO3)ncc1-c1ccc(N2CCCC2=O)cc1. The molecule has 4 aliphatic rings. The van der Waals surface area contributed by atoms with E-state index in [1.165, 1.54) is 0 Å². The van der Waals surface area contributed by atoms with E-state index in [1.807, 2.05) is 51.1 Å². The highest BCUT2D eigenvalue weighted by Crippen LogP contribution is 2.39. The third-order valence-electron chi connectivity index (χ3n) is 8.49. The zero-order chi connectivity index (χ0) is 29.3. The molecule has 1 unspecified atom stereocenters. The first-order chi connectivity index (χ1) is 21.1. The molecule has 0 bridgehead atoms. The van der Waals surface area contributed by atoms with E-state index in [0.29, 0.717) is 54.9 Å². The number of aromatic nitrogens is 2. The number of rotatable bonds is 8. The van der Waals surface area contributed by atoms with Crippen molar-refractivity contribution in [3.8, 4) is 22.8 Å². The van der Waals surface area contributed by atoms with E-state index < -0.39 is 0 Å². The second kappa shape index (κ2) is 11.7. The highest BCUT2D eigenvalue weighted by Gasteiger charge is 2.43. The maximum absolute atomic E-state index is 13.5. The number of carbonyl (C=O) groups is 2. The summed E-state index contributed by atoms with van der Waals surface area (Å²) >= 11 is 0. The summed E-state index contributed by atoms with van der Waals surface area (Å²) in [6, 6.07) is 11.5. The van der Waals surface area contributed by atoms with Crippen LogP contribution in [-0.4, -0.2) is 104 Å². The van der Waals surface area contributed by atoms with Gasteiger partial charge in [0.25, 0.3) is 0 Å². The van der Waals surface area contributed by atoms with Gasteiger partial charge in [0, 0.05) is 69.2 Å². The predicted molar refractivity (Wildman–Crippen MR) is 161 cm³/mol. The smallest absolute Gasteiger partial charge is 0.325 e. The van der Waals surface area contributed by atoms with E-state index in [4.69, 9.17) is 14.2 Å². The number of benzene rings is 1. The van der Waals surface area contributed by atoms with Crippen LogP contribution in [0.4, 0.5) is 27.7 Å². The lowest BCUT2D eigenvalue weighted by molar-refractivity contribution is -0.117. The van der Waals surface area contributed by atoms with Crippen molar-refractivity contribution >= 4 is 34.8 Å². The molecule has 3 fully saturated rings. The van der Waals surface area contributed by atoms with Gasteiger partial charge in [0.15, 0.2) is 0 Å². The van der Waals surface area contributed by atoms with Gasteiger partial charge < -0.3 is 29.3 Å². The second-order valence-electron chi connectivity index (χ2n) is 11.2. The Balaban J connectivity index is 1.06. The number of pyridine rings is 2. The van der Waals surface area contributed by atoms with Crippen LogP contribution in [0.2, 0.25) is 0 Å². The summed E-state index contributed by atoms with van der Waals surface area (Å²) in [5, 5.41) is 3.31. The van der Waals surface area contributed by atoms with Gasteiger partial charge in [-0.05, 0) is 30.2 Å². The lowest BCUT2D eigenvalue weighted by atomic mass is 10.1. The zero-order valence-corrected chi connectivity index (χ0v) is 24.2. The molecular formula is C31H35N7O5. The molecule has 12 nitrogen and oxygen atoms in total. The maximum Gasteiger partial charge on any atom is 0.325 e. The first-order valence-corrected chi connectivity index (χ1v) is 14.8. The van der Waals surface area contributed by atoms with Crippen molar-refractivity contribution < 1.29 is 23.8 Å². The molecule has 0 aliphatic carbocycles. The molecule has 3 saturated heterocycles. The number of morpholine rings is 1. The Morgan fingerprint density at radius 3 is 2.63 bits per heavy atom. The van der Waals surface area contributed by atoms with E-state index in [-0.39, 0.29) is 18.0 Å². The molecule has 1 aromatic carbocycles. The van der Waals surface area contributed by atoms with Gasteiger partial charge in [0.2, 0.25) is 11.8 Å². The number of hydrogen-bond acceptors (Lipinski definition) is 9. The molecule has 43 heavy (non-hydrogen) atoms. The number of urea groups is 1. The van der Waals surface area contributed by atoms with Crippen molar-refractivity contribution in [1.29, 1.82) is 0 Å². The van der Waals surface area contributed by atoms with Crippen molar-refractivity contribution in [2.24, 2.45) is 0 Å².